The van der Waals surface area contributed by atoms with E-state index in [9.17, 15) is 0 Å². The maximum Gasteiger partial charge on any atom is 0.191 e. The predicted octanol–water partition coefficient (Wildman–Crippen LogP) is 3.21. The maximum atomic E-state index is 4.87. The fourth-order valence-electron chi connectivity index (χ4n) is 3.65. The zero-order chi connectivity index (χ0) is 19.4. The molecule has 0 radical (unpaired) electrons. The minimum atomic E-state index is 0. The molecule has 3 rings (SSSR count). The zero-order valence-corrected chi connectivity index (χ0v) is 19.7. The van der Waals surface area contributed by atoms with Gasteiger partial charge in [-0.15, -0.1) is 34.2 Å². The van der Waals surface area contributed by atoms with Crippen molar-refractivity contribution in [1.29, 1.82) is 0 Å². The summed E-state index contributed by atoms with van der Waals surface area (Å²) in [6.07, 6.45) is 12.1. The van der Waals surface area contributed by atoms with Crippen molar-refractivity contribution in [2.75, 3.05) is 19.6 Å². The van der Waals surface area contributed by atoms with Gasteiger partial charge in [-0.3, -0.25) is 9.98 Å². The number of nitrogens with zero attached hydrogens (tertiary/aromatic N) is 5. The van der Waals surface area contributed by atoms with Gasteiger partial charge in [-0.2, -0.15) is 0 Å². The van der Waals surface area contributed by atoms with E-state index in [1.807, 2.05) is 18.3 Å². The van der Waals surface area contributed by atoms with Crippen LogP contribution in [0.4, 0.5) is 0 Å². The van der Waals surface area contributed by atoms with Gasteiger partial charge in [0, 0.05) is 50.9 Å². The lowest BCUT2D eigenvalue weighted by Gasteiger charge is -2.20. The van der Waals surface area contributed by atoms with Crippen molar-refractivity contribution >= 4 is 29.9 Å². The molecule has 7 nitrogen and oxygen atoms in total. The molecule has 2 aromatic heterocycles. The molecule has 2 N–H and O–H groups in total. The van der Waals surface area contributed by atoms with E-state index in [0.29, 0.717) is 0 Å². The van der Waals surface area contributed by atoms with Gasteiger partial charge in [0.2, 0.25) is 0 Å². The summed E-state index contributed by atoms with van der Waals surface area (Å²) in [5.41, 5.74) is 1.10. The fraction of sp³-hybridized carbons (Fsp3) is 0.619. The van der Waals surface area contributed by atoms with Crippen LogP contribution in [0.2, 0.25) is 0 Å². The van der Waals surface area contributed by atoms with E-state index >= 15 is 0 Å². The molecule has 29 heavy (non-hydrogen) atoms. The van der Waals surface area contributed by atoms with Gasteiger partial charge in [-0.1, -0.05) is 32.3 Å². The Morgan fingerprint density at radius 3 is 2.76 bits per heavy atom. The molecule has 0 unspecified atom stereocenters. The molecular formula is C21H34IN7. The summed E-state index contributed by atoms with van der Waals surface area (Å²) in [7, 11) is 0. The van der Waals surface area contributed by atoms with Crippen molar-refractivity contribution in [2.45, 2.75) is 58.4 Å². The number of halogens is 1. The number of nitrogens with one attached hydrogen (secondary N) is 2. The van der Waals surface area contributed by atoms with Crippen LogP contribution >= 0.6 is 24.0 Å². The molecular weight excluding hydrogens is 477 g/mol. The number of hydrogen-bond acceptors (Lipinski definition) is 4. The second-order valence-corrected chi connectivity index (χ2v) is 7.41. The van der Waals surface area contributed by atoms with Gasteiger partial charge in [0.25, 0.3) is 0 Å². The van der Waals surface area contributed by atoms with E-state index < -0.39 is 0 Å². The van der Waals surface area contributed by atoms with Crippen LogP contribution in [0.5, 0.6) is 0 Å². The molecule has 1 aliphatic carbocycles. The Hall–Kier alpha value is -1.71. The fourth-order valence-corrected chi connectivity index (χ4v) is 3.65. The van der Waals surface area contributed by atoms with E-state index in [1.165, 1.54) is 32.1 Å². The Labute approximate surface area is 191 Å². The van der Waals surface area contributed by atoms with Crippen molar-refractivity contribution in [3.8, 4) is 0 Å². The first-order valence-corrected chi connectivity index (χ1v) is 10.6. The van der Waals surface area contributed by atoms with Gasteiger partial charge in [0.05, 0.1) is 0 Å². The average Bonchev–Trinajstić information content (AvgIpc) is 3.20. The van der Waals surface area contributed by atoms with Crippen molar-refractivity contribution in [3.05, 3.63) is 42.2 Å². The van der Waals surface area contributed by atoms with Crippen LogP contribution in [0, 0.1) is 5.92 Å². The number of pyridine rings is 1. The molecule has 2 heterocycles. The van der Waals surface area contributed by atoms with Crippen LogP contribution in [-0.4, -0.2) is 45.3 Å². The summed E-state index contributed by atoms with van der Waals surface area (Å²) >= 11 is 0. The lowest BCUT2D eigenvalue weighted by molar-refractivity contribution is 0.366. The molecule has 0 aromatic carbocycles. The topological polar surface area (TPSA) is 80.0 Å². The molecule has 2 aromatic rings. The van der Waals surface area contributed by atoms with Crippen molar-refractivity contribution in [3.63, 3.8) is 0 Å². The molecule has 1 saturated carbocycles. The number of aromatic nitrogens is 4. The standard InChI is InChI=1S/C21H33N7.HI/c1-2-20-27-26-17-28(20)15-14-24-21(25-16-18-8-4-3-5-9-18)23-13-11-19-10-6-7-12-22-19;/h6-7,10,12,17-18H,2-5,8-9,11,13-16H2,1H3,(H2,23,24,25);1H. The summed E-state index contributed by atoms with van der Waals surface area (Å²) in [5, 5.41) is 15.1. The molecule has 1 fully saturated rings. The highest BCUT2D eigenvalue weighted by atomic mass is 127. The van der Waals surface area contributed by atoms with Crippen LogP contribution in [-0.2, 0) is 19.4 Å². The highest BCUT2D eigenvalue weighted by molar-refractivity contribution is 14.0. The van der Waals surface area contributed by atoms with Crippen molar-refractivity contribution in [1.82, 2.24) is 30.4 Å². The minimum Gasteiger partial charge on any atom is -0.356 e. The average molecular weight is 511 g/mol. The largest absolute Gasteiger partial charge is 0.356 e. The van der Waals surface area contributed by atoms with E-state index in [1.54, 1.807) is 6.33 Å². The summed E-state index contributed by atoms with van der Waals surface area (Å²) in [6.45, 7) is 5.46. The summed E-state index contributed by atoms with van der Waals surface area (Å²) in [5.74, 6) is 2.64. The van der Waals surface area contributed by atoms with Crippen LogP contribution < -0.4 is 10.6 Å². The van der Waals surface area contributed by atoms with Gasteiger partial charge < -0.3 is 15.2 Å². The van der Waals surface area contributed by atoms with Gasteiger partial charge in [-0.25, -0.2) is 0 Å². The molecule has 0 aliphatic heterocycles. The predicted molar refractivity (Wildman–Crippen MR) is 128 cm³/mol. The Morgan fingerprint density at radius 2 is 2.00 bits per heavy atom. The highest BCUT2D eigenvalue weighted by Gasteiger charge is 2.13. The van der Waals surface area contributed by atoms with E-state index in [4.69, 9.17) is 4.99 Å². The smallest absolute Gasteiger partial charge is 0.191 e. The van der Waals surface area contributed by atoms with Crippen LogP contribution in [0.1, 0.15) is 50.5 Å². The van der Waals surface area contributed by atoms with E-state index in [0.717, 1.165) is 62.4 Å². The SMILES string of the molecule is CCc1nncn1CCNC(=NCC1CCCCC1)NCCc1ccccn1.I. The van der Waals surface area contributed by atoms with E-state index in [-0.39, 0.29) is 24.0 Å². The molecule has 0 amide bonds. The second kappa shape index (κ2) is 13.5. The Bertz CT molecular complexity index is 711. The molecule has 0 bridgehead atoms. The van der Waals surface area contributed by atoms with Crippen LogP contribution in [0.25, 0.3) is 0 Å². The first-order valence-electron chi connectivity index (χ1n) is 10.6. The Kier molecular flexibility index (Phi) is 11.0. The number of hydrogen-bond donors (Lipinski definition) is 2. The first kappa shape index (κ1) is 23.6. The van der Waals surface area contributed by atoms with Crippen LogP contribution in [0.3, 0.4) is 0 Å². The molecule has 0 atom stereocenters. The highest BCUT2D eigenvalue weighted by Crippen LogP contribution is 2.23. The lowest BCUT2D eigenvalue weighted by Crippen LogP contribution is -2.40. The molecule has 8 heteroatoms. The summed E-state index contributed by atoms with van der Waals surface area (Å²) in [4.78, 5) is 9.27. The van der Waals surface area contributed by atoms with Gasteiger partial charge in [0.1, 0.15) is 12.2 Å². The Morgan fingerprint density at radius 1 is 1.17 bits per heavy atom. The Balaban J connectivity index is 0.00000300. The summed E-state index contributed by atoms with van der Waals surface area (Å²) < 4.78 is 2.10. The maximum absolute atomic E-state index is 4.87. The molecule has 0 saturated heterocycles. The first-order chi connectivity index (χ1) is 13.8. The van der Waals surface area contributed by atoms with E-state index in [2.05, 4.69) is 43.4 Å². The monoisotopic (exact) mass is 511 g/mol. The molecule has 1 aliphatic rings. The van der Waals surface area contributed by atoms with Crippen LogP contribution in [0.15, 0.2) is 35.7 Å². The number of aliphatic imine (C=N–C) groups is 1. The minimum absolute atomic E-state index is 0. The normalized spacial score (nSPS) is 15.0. The lowest BCUT2D eigenvalue weighted by atomic mass is 9.89. The quantitative estimate of drug-likeness (QED) is 0.307. The van der Waals surface area contributed by atoms with Gasteiger partial charge in [-0.05, 0) is 30.9 Å². The molecule has 0 spiro atoms. The van der Waals surface area contributed by atoms with Gasteiger partial charge >= 0.3 is 0 Å². The number of aryl methyl sites for hydroxylation is 1. The number of guanidine groups is 1. The van der Waals surface area contributed by atoms with Crippen molar-refractivity contribution in [2.24, 2.45) is 10.9 Å². The third-order valence-corrected chi connectivity index (χ3v) is 5.29. The third-order valence-electron chi connectivity index (χ3n) is 5.29. The second-order valence-electron chi connectivity index (χ2n) is 7.41. The number of rotatable bonds is 9. The third kappa shape index (κ3) is 8.28. The molecule has 160 valence electrons. The zero-order valence-electron chi connectivity index (χ0n) is 17.4. The summed E-state index contributed by atoms with van der Waals surface area (Å²) in [6, 6.07) is 6.04. The van der Waals surface area contributed by atoms with Crippen molar-refractivity contribution < 1.29 is 0 Å². The van der Waals surface area contributed by atoms with Gasteiger partial charge in [0.15, 0.2) is 5.96 Å².